The Balaban J connectivity index is 2.12. The summed E-state index contributed by atoms with van der Waals surface area (Å²) in [6, 6.07) is 5.29. The van der Waals surface area contributed by atoms with E-state index in [4.69, 9.17) is 4.74 Å². The number of sulfonamides is 1. The van der Waals surface area contributed by atoms with Crippen molar-refractivity contribution in [3.05, 3.63) is 53.1 Å². The van der Waals surface area contributed by atoms with Crippen LogP contribution >= 0.6 is 0 Å². The monoisotopic (exact) mass is 383 g/mol. The minimum absolute atomic E-state index is 0.0172. The van der Waals surface area contributed by atoms with Crippen LogP contribution in [-0.2, 0) is 16.4 Å². The summed E-state index contributed by atoms with van der Waals surface area (Å²) < 4.78 is 59.0. The van der Waals surface area contributed by atoms with Crippen LogP contribution in [0.4, 0.5) is 14.5 Å². The lowest BCUT2D eigenvalue weighted by Gasteiger charge is -2.30. The molecule has 0 aliphatic carbocycles. The molecule has 2 aromatic carbocycles. The second-order valence-electron chi connectivity index (χ2n) is 5.74. The zero-order chi connectivity index (χ0) is 19.1. The number of aryl methyl sites for hydroxylation is 1. The Morgan fingerprint density at radius 3 is 2.54 bits per heavy atom. The third-order valence-corrected chi connectivity index (χ3v) is 6.00. The first-order valence-electron chi connectivity index (χ1n) is 7.67. The summed E-state index contributed by atoms with van der Waals surface area (Å²) in [5, 5.41) is 9.24. The van der Waals surface area contributed by atoms with Crippen LogP contribution < -0.4 is 9.04 Å². The number of carboxylic acids is 1. The molecule has 138 valence electrons. The third kappa shape index (κ3) is 2.98. The van der Waals surface area contributed by atoms with Crippen LogP contribution in [0.3, 0.4) is 0 Å². The number of fused-ring (bicyclic) bond motifs is 1. The van der Waals surface area contributed by atoms with Crippen LogP contribution in [0, 0.1) is 11.6 Å². The SMILES string of the molecule is COc1ccc(S(=O)(=O)N2CCCc3cc(F)c(F)cc32)cc1C(=O)O. The van der Waals surface area contributed by atoms with Crippen molar-refractivity contribution in [3.8, 4) is 5.75 Å². The maximum absolute atomic E-state index is 13.6. The largest absolute Gasteiger partial charge is 0.496 e. The third-order valence-electron chi connectivity index (χ3n) is 4.19. The highest BCUT2D eigenvalue weighted by Crippen LogP contribution is 2.34. The minimum atomic E-state index is -4.16. The molecule has 1 N–H and O–H groups in total. The fourth-order valence-electron chi connectivity index (χ4n) is 2.94. The van der Waals surface area contributed by atoms with E-state index in [1.165, 1.54) is 19.2 Å². The Hall–Kier alpha value is -2.68. The van der Waals surface area contributed by atoms with Crippen molar-refractivity contribution in [2.45, 2.75) is 17.7 Å². The lowest BCUT2D eigenvalue weighted by Crippen LogP contribution is -2.35. The molecule has 9 heteroatoms. The maximum atomic E-state index is 13.6. The molecule has 0 bridgehead atoms. The van der Waals surface area contributed by atoms with Crippen molar-refractivity contribution >= 4 is 21.7 Å². The number of carbonyl (C=O) groups is 1. The van der Waals surface area contributed by atoms with Crippen LogP contribution in [0.2, 0.25) is 0 Å². The summed E-state index contributed by atoms with van der Waals surface area (Å²) >= 11 is 0. The van der Waals surface area contributed by atoms with Gasteiger partial charge in [0.25, 0.3) is 10.0 Å². The zero-order valence-corrected chi connectivity index (χ0v) is 14.5. The topological polar surface area (TPSA) is 83.9 Å². The van der Waals surface area contributed by atoms with Crippen molar-refractivity contribution in [2.24, 2.45) is 0 Å². The molecule has 3 rings (SSSR count). The molecule has 0 saturated carbocycles. The molecule has 26 heavy (non-hydrogen) atoms. The summed E-state index contributed by atoms with van der Waals surface area (Å²) in [7, 11) is -2.89. The molecule has 0 radical (unpaired) electrons. The molecular weight excluding hydrogens is 368 g/mol. The molecule has 1 heterocycles. The van der Waals surface area contributed by atoms with E-state index in [1.807, 2.05) is 0 Å². The Bertz CT molecular complexity index is 991. The highest BCUT2D eigenvalue weighted by atomic mass is 32.2. The molecule has 0 amide bonds. The highest BCUT2D eigenvalue weighted by Gasteiger charge is 2.31. The van der Waals surface area contributed by atoms with E-state index in [2.05, 4.69) is 0 Å². The van der Waals surface area contributed by atoms with E-state index in [-0.39, 0.29) is 28.4 Å². The summed E-state index contributed by atoms with van der Waals surface area (Å²) in [5.41, 5.74) is 0.129. The van der Waals surface area contributed by atoms with Crippen LogP contribution in [-0.4, -0.2) is 33.1 Å². The molecule has 0 fully saturated rings. The summed E-state index contributed by atoms with van der Waals surface area (Å²) in [4.78, 5) is 11.1. The predicted molar refractivity (Wildman–Crippen MR) is 89.2 cm³/mol. The molecular formula is C17H15F2NO5S. The van der Waals surface area contributed by atoms with E-state index in [0.29, 0.717) is 18.4 Å². The lowest BCUT2D eigenvalue weighted by atomic mass is 10.0. The second-order valence-corrected chi connectivity index (χ2v) is 7.61. The summed E-state index contributed by atoms with van der Waals surface area (Å²) in [6.07, 6.45) is 0.848. The average molecular weight is 383 g/mol. The molecule has 1 aliphatic rings. The van der Waals surface area contributed by atoms with Gasteiger partial charge in [-0.15, -0.1) is 0 Å². The van der Waals surface area contributed by atoms with Gasteiger partial charge >= 0.3 is 5.97 Å². The second kappa shape index (κ2) is 6.56. The molecule has 0 saturated heterocycles. The van der Waals surface area contributed by atoms with E-state index in [1.54, 1.807) is 0 Å². The van der Waals surface area contributed by atoms with Crippen molar-refractivity contribution in [2.75, 3.05) is 18.0 Å². The van der Waals surface area contributed by atoms with Gasteiger partial charge < -0.3 is 9.84 Å². The van der Waals surface area contributed by atoms with E-state index in [0.717, 1.165) is 22.5 Å². The van der Waals surface area contributed by atoms with E-state index >= 15 is 0 Å². The van der Waals surface area contributed by atoms with Gasteiger partial charge in [0.05, 0.1) is 17.7 Å². The van der Waals surface area contributed by atoms with Crippen LogP contribution in [0.1, 0.15) is 22.3 Å². The van der Waals surface area contributed by atoms with Gasteiger partial charge in [-0.3, -0.25) is 4.31 Å². The Morgan fingerprint density at radius 2 is 1.88 bits per heavy atom. The quantitative estimate of drug-likeness (QED) is 0.878. The number of hydrogen-bond donors (Lipinski definition) is 1. The number of nitrogens with zero attached hydrogens (tertiary/aromatic N) is 1. The van der Waals surface area contributed by atoms with Gasteiger partial charge in [-0.1, -0.05) is 0 Å². The van der Waals surface area contributed by atoms with Gasteiger partial charge in [0.2, 0.25) is 0 Å². The summed E-state index contributed by atoms with van der Waals surface area (Å²) in [6.45, 7) is 0.0782. The first kappa shape index (κ1) is 18.1. The number of benzene rings is 2. The Labute approximate surface area is 148 Å². The smallest absolute Gasteiger partial charge is 0.339 e. The first-order chi connectivity index (χ1) is 12.3. The maximum Gasteiger partial charge on any atom is 0.339 e. The van der Waals surface area contributed by atoms with Crippen LogP contribution in [0.5, 0.6) is 5.75 Å². The normalized spacial score (nSPS) is 14.0. The van der Waals surface area contributed by atoms with Gasteiger partial charge in [0.15, 0.2) is 11.6 Å². The molecule has 0 atom stereocenters. The van der Waals surface area contributed by atoms with E-state index < -0.39 is 27.6 Å². The van der Waals surface area contributed by atoms with Gasteiger partial charge in [0, 0.05) is 12.6 Å². The number of rotatable bonds is 4. The molecule has 6 nitrogen and oxygen atoms in total. The number of hydrogen-bond acceptors (Lipinski definition) is 4. The number of carboxylic acid groups (broad SMARTS) is 1. The number of methoxy groups -OCH3 is 1. The van der Waals surface area contributed by atoms with Crippen molar-refractivity contribution in [3.63, 3.8) is 0 Å². The number of halogens is 2. The van der Waals surface area contributed by atoms with Gasteiger partial charge in [-0.25, -0.2) is 22.0 Å². The van der Waals surface area contributed by atoms with Crippen molar-refractivity contribution in [1.82, 2.24) is 0 Å². The standard InChI is InChI=1S/C17H15F2NO5S/c1-25-16-5-4-11(8-12(16)17(21)22)26(23,24)20-6-2-3-10-7-13(18)14(19)9-15(10)20/h4-5,7-9H,2-3,6H2,1H3,(H,21,22). The average Bonchev–Trinajstić information content (AvgIpc) is 2.61. The molecule has 1 aliphatic heterocycles. The molecule has 0 aromatic heterocycles. The Kier molecular flexibility index (Phi) is 4.57. The van der Waals surface area contributed by atoms with Crippen LogP contribution in [0.15, 0.2) is 35.2 Å². The lowest BCUT2D eigenvalue weighted by molar-refractivity contribution is 0.0693. The highest BCUT2D eigenvalue weighted by molar-refractivity contribution is 7.92. The fourth-order valence-corrected chi connectivity index (χ4v) is 4.49. The van der Waals surface area contributed by atoms with Gasteiger partial charge in [-0.05, 0) is 42.7 Å². The molecule has 0 spiro atoms. The van der Waals surface area contributed by atoms with E-state index in [9.17, 15) is 27.1 Å². The zero-order valence-electron chi connectivity index (χ0n) is 13.7. The van der Waals surface area contributed by atoms with Gasteiger partial charge in [-0.2, -0.15) is 0 Å². The van der Waals surface area contributed by atoms with Crippen LogP contribution in [0.25, 0.3) is 0 Å². The number of aromatic carboxylic acids is 1. The summed E-state index contributed by atoms with van der Waals surface area (Å²) in [5.74, 6) is -3.51. The molecule has 0 unspecified atom stereocenters. The minimum Gasteiger partial charge on any atom is -0.496 e. The van der Waals surface area contributed by atoms with Crippen molar-refractivity contribution in [1.29, 1.82) is 0 Å². The Morgan fingerprint density at radius 1 is 1.19 bits per heavy atom. The van der Waals surface area contributed by atoms with Crippen molar-refractivity contribution < 1.29 is 31.8 Å². The number of ether oxygens (including phenoxy) is 1. The number of anilines is 1. The fraction of sp³-hybridized carbons (Fsp3) is 0.235. The molecule has 2 aromatic rings. The van der Waals surface area contributed by atoms with Gasteiger partial charge in [0.1, 0.15) is 11.3 Å². The first-order valence-corrected chi connectivity index (χ1v) is 9.11. The predicted octanol–water partition coefficient (Wildman–Crippen LogP) is 2.81.